The van der Waals surface area contributed by atoms with Crippen LogP contribution in [0.4, 0.5) is 0 Å². The largest absolute Gasteiger partial charge is 0.353 e. The zero-order valence-corrected chi connectivity index (χ0v) is 12.5. The Morgan fingerprint density at radius 3 is 2.76 bits per heavy atom. The molecule has 1 saturated carbocycles. The van der Waals surface area contributed by atoms with Crippen LogP contribution >= 0.6 is 0 Å². The van der Waals surface area contributed by atoms with Gasteiger partial charge in [-0.1, -0.05) is 17.7 Å². The second-order valence-electron chi connectivity index (χ2n) is 6.24. The lowest BCUT2D eigenvalue weighted by Gasteiger charge is -2.32. The monoisotopic (exact) mass is 286 g/mol. The molecule has 3 rings (SSSR count). The van der Waals surface area contributed by atoms with Crippen molar-refractivity contribution in [1.29, 1.82) is 0 Å². The van der Waals surface area contributed by atoms with Crippen molar-refractivity contribution in [3.8, 4) is 0 Å². The highest BCUT2D eigenvalue weighted by molar-refractivity contribution is 5.95. The van der Waals surface area contributed by atoms with Crippen LogP contribution < -0.4 is 5.32 Å². The minimum absolute atomic E-state index is 0.0441. The standard InChI is InChI=1S/C17H22N2O2/c1-12-4-2-5-13(10-12)17(21)19-9-3-6-14(11-19)16(20)18-15-7-8-15/h2,4-5,10,14-15H,3,6-9,11H2,1H3,(H,18,20)/t14-/m1/s1. The zero-order valence-electron chi connectivity index (χ0n) is 12.5. The van der Waals surface area contributed by atoms with E-state index in [-0.39, 0.29) is 17.7 Å². The molecule has 1 aliphatic heterocycles. The van der Waals surface area contributed by atoms with E-state index in [0.717, 1.165) is 43.4 Å². The summed E-state index contributed by atoms with van der Waals surface area (Å²) in [5.41, 5.74) is 1.80. The number of rotatable bonds is 3. The Kier molecular flexibility index (Phi) is 3.95. The van der Waals surface area contributed by atoms with Crippen LogP contribution in [0.25, 0.3) is 0 Å². The number of benzene rings is 1. The van der Waals surface area contributed by atoms with Crippen LogP contribution in [-0.2, 0) is 4.79 Å². The third-order valence-corrected chi connectivity index (χ3v) is 4.27. The smallest absolute Gasteiger partial charge is 0.253 e. The molecule has 1 saturated heterocycles. The maximum Gasteiger partial charge on any atom is 0.253 e. The van der Waals surface area contributed by atoms with Crippen molar-refractivity contribution in [3.05, 3.63) is 35.4 Å². The summed E-state index contributed by atoms with van der Waals surface area (Å²) in [6.45, 7) is 3.28. The topological polar surface area (TPSA) is 49.4 Å². The summed E-state index contributed by atoms with van der Waals surface area (Å²) in [7, 11) is 0. The zero-order chi connectivity index (χ0) is 14.8. The van der Waals surface area contributed by atoms with Crippen LogP contribution in [0.1, 0.15) is 41.6 Å². The minimum Gasteiger partial charge on any atom is -0.353 e. The Hall–Kier alpha value is -1.84. The number of nitrogens with zero attached hydrogens (tertiary/aromatic N) is 1. The molecule has 1 aromatic rings. The fraction of sp³-hybridized carbons (Fsp3) is 0.529. The van der Waals surface area contributed by atoms with Gasteiger partial charge in [0.1, 0.15) is 0 Å². The van der Waals surface area contributed by atoms with Crippen LogP contribution in [-0.4, -0.2) is 35.8 Å². The molecule has 1 atom stereocenters. The molecule has 1 heterocycles. The van der Waals surface area contributed by atoms with E-state index < -0.39 is 0 Å². The summed E-state index contributed by atoms with van der Waals surface area (Å²) in [5, 5.41) is 3.06. The van der Waals surface area contributed by atoms with Crippen LogP contribution in [0.15, 0.2) is 24.3 Å². The van der Waals surface area contributed by atoms with E-state index in [0.29, 0.717) is 12.6 Å². The summed E-state index contributed by atoms with van der Waals surface area (Å²) in [6.07, 6.45) is 3.99. The Labute approximate surface area is 125 Å². The van der Waals surface area contributed by atoms with Gasteiger partial charge in [0.05, 0.1) is 5.92 Å². The predicted molar refractivity (Wildman–Crippen MR) is 81.0 cm³/mol. The third kappa shape index (κ3) is 3.43. The molecule has 112 valence electrons. The van der Waals surface area contributed by atoms with Crippen molar-refractivity contribution in [3.63, 3.8) is 0 Å². The molecule has 0 radical (unpaired) electrons. The molecular weight excluding hydrogens is 264 g/mol. The first-order valence-corrected chi connectivity index (χ1v) is 7.80. The van der Waals surface area contributed by atoms with Crippen molar-refractivity contribution in [1.82, 2.24) is 10.2 Å². The maximum atomic E-state index is 12.5. The number of likely N-dealkylation sites (tertiary alicyclic amines) is 1. The van der Waals surface area contributed by atoms with Gasteiger partial charge in [0.2, 0.25) is 5.91 Å². The van der Waals surface area contributed by atoms with E-state index in [1.807, 2.05) is 36.1 Å². The van der Waals surface area contributed by atoms with Gasteiger partial charge >= 0.3 is 0 Å². The number of hydrogen-bond donors (Lipinski definition) is 1. The minimum atomic E-state index is -0.0480. The molecule has 0 bridgehead atoms. The van der Waals surface area contributed by atoms with Crippen LogP contribution in [0.2, 0.25) is 0 Å². The van der Waals surface area contributed by atoms with Crippen molar-refractivity contribution in [2.75, 3.05) is 13.1 Å². The molecule has 1 N–H and O–H groups in total. The lowest BCUT2D eigenvalue weighted by atomic mass is 9.96. The number of carbonyl (C=O) groups excluding carboxylic acids is 2. The van der Waals surface area contributed by atoms with Gasteiger partial charge in [-0.05, 0) is 44.7 Å². The highest BCUT2D eigenvalue weighted by Crippen LogP contribution is 2.23. The number of nitrogens with one attached hydrogen (secondary N) is 1. The number of amides is 2. The van der Waals surface area contributed by atoms with E-state index in [2.05, 4.69) is 5.32 Å². The average molecular weight is 286 g/mol. The van der Waals surface area contributed by atoms with E-state index in [4.69, 9.17) is 0 Å². The van der Waals surface area contributed by atoms with Gasteiger partial charge in [-0.25, -0.2) is 0 Å². The third-order valence-electron chi connectivity index (χ3n) is 4.27. The Morgan fingerprint density at radius 1 is 1.24 bits per heavy atom. The molecule has 0 unspecified atom stereocenters. The molecule has 2 fully saturated rings. The van der Waals surface area contributed by atoms with Gasteiger partial charge in [0.25, 0.3) is 5.91 Å². The first-order chi connectivity index (χ1) is 10.1. The lowest BCUT2D eigenvalue weighted by molar-refractivity contribution is -0.126. The van der Waals surface area contributed by atoms with E-state index in [9.17, 15) is 9.59 Å². The number of aryl methyl sites for hydroxylation is 1. The summed E-state index contributed by atoms with van der Waals surface area (Å²) in [4.78, 5) is 26.5. The number of hydrogen-bond acceptors (Lipinski definition) is 2. The van der Waals surface area contributed by atoms with E-state index in [1.54, 1.807) is 0 Å². The van der Waals surface area contributed by atoms with Crippen LogP contribution in [0.5, 0.6) is 0 Å². The quantitative estimate of drug-likeness (QED) is 0.925. The van der Waals surface area contributed by atoms with Crippen molar-refractivity contribution in [2.24, 2.45) is 5.92 Å². The van der Waals surface area contributed by atoms with Crippen LogP contribution in [0.3, 0.4) is 0 Å². The Balaban J connectivity index is 1.64. The molecular formula is C17H22N2O2. The van der Waals surface area contributed by atoms with E-state index >= 15 is 0 Å². The normalized spacial score (nSPS) is 22.0. The van der Waals surface area contributed by atoms with Crippen molar-refractivity contribution < 1.29 is 9.59 Å². The van der Waals surface area contributed by atoms with Crippen molar-refractivity contribution in [2.45, 2.75) is 38.6 Å². The molecule has 2 amide bonds. The van der Waals surface area contributed by atoms with Gasteiger partial charge in [-0.3, -0.25) is 9.59 Å². The fourth-order valence-corrected chi connectivity index (χ4v) is 2.88. The predicted octanol–water partition coefficient (Wildman–Crippen LogP) is 2.13. The first-order valence-electron chi connectivity index (χ1n) is 7.80. The van der Waals surface area contributed by atoms with Gasteiger partial charge in [-0.15, -0.1) is 0 Å². The van der Waals surface area contributed by atoms with E-state index in [1.165, 1.54) is 0 Å². The summed E-state index contributed by atoms with van der Waals surface area (Å²) < 4.78 is 0. The second kappa shape index (κ2) is 5.88. The highest BCUT2D eigenvalue weighted by atomic mass is 16.2. The molecule has 2 aliphatic rings. The molecule has 4 nitrogen and oxygen atoms in total. The van der Waals surface area contributed by atoms with Gasteiger partial charge in [0.15, 0.2) is 0 Å². The lowest BCUT2D eigenvalue weighted by Crippen LogP contribution is -2.45. The molecule has 21 heavy (non-hydrogen) atoms. The highest BCUT2D eigenvalue weighted by Gasteiger charge is 2.32. The van der Waals surface area contributed by atoms with Gasteiger partial charge in [0, 0.05) is 24.7 Å². The number of carbonyl (C=O) groups is 2. The Morgan fingerprint density at radius 2 is 2.05 bits per heavy atom. The fourth-order valence-electron chi connectivity index (χ4n) is 2.88. The molecule has 1 aromatic carbocycles. The van der Waals surface area contributed by atoms with Gasteiger partial charge < -0.3 is 10.2 Å². The molecule has 4 heteroatoms. The van der Waals surface area contributed by atoms with Crippen LogP contribution in [0, 0.1) is 12.8 Å². The Bertz CT molecular complexity index is 551. The van der Waals surface area contributed by atoms with Crippen molar-refractivity contribution >= 4 is 11.8 Å². The second-order valence-corrected chi connectivity index (χ2v) is 6.24. The molecule has 0 aromatic heterocycles. The first kappa shape index (κ1) is 14.1. The SMILES string of the molecule is Cc1cccc(C(=O)N2CCC[C@@H](C(=O)NC3CC3)C2)c1. The summed E-state index contributed by atoms with van der Waals surface area (Å²) >= 11 is 0. The number of piperidine rings is 1. The summed E-state index contributed by atoms with van der Waals surface area (Å²) in [5.74, 6) is 0.120. The van der Waals surface area contributed by atoms with Gasteiger partial charge in [-0.2, -0.15) is 0 Å². The average Bonchev–Trinajstić information content (AvgIpc) is 3.30. The molecule has 0 spiro atoms. The maximum absolute atomic E-state index is 12.5. The summed E-state index contributed by atoms with van der Waals surface area (Å²) in [6, 6.07) is 8.04. The molecule has 1 aliphatic carbocycles.